The fourth-order valence-electron chi connectivity index (χ4n) is 3.33. The summed E-state index contributed by atoms with van der Waals surface area (Å²) in [5.41, 5.74) is 0.976. The summed E-state index contributed by atoms with van der Waals surface area (Å²) in [6.45, 7) is 4.63. The Morgan fingerprint density at radius 2 is 1.84 bits per heavy atom. The predicted octanol–water partition coefficient (Wildman–Crippen LogP) is 2.62. The molecule has 1 saturated heterocycles. The summed E-state index contributed by atoms with van der Waals surface area (Å²) in [5.74, 6) is -1.64. The highest BCUT2D eigenvalue weighted by Gasteiger charge is 2.20. The number of hydrogen-bond donors (Lipinski definition) is 1. The molecule has 0 bridgehead atoms. The van der Waals surface area contributed by atoms with Crippen molar-refractivity contribution in [3.8, 4) is 5.69 Å². The molecular formula is C19H21FN2O3. The van der Waals surface area contributed by atoms with Crippen LogP contribution in [0.25, 0.3) is 5.69 Å². The van der Waals surface area contributed by atoms with Gasteiger partial charge in [0.15, 0.2) is 0 Å². The third-order valence-corrected chi connectivity index (χ3v) is 4.79. The number of nitrogens with zero attached hydrogens (tertiary/aromatic N) is 2. The molecule has 0 amide bonds. The molecule has 25 heavy (non-hydrogen) atoms. The van der Waals surface area contributed by atoms with Crippen molar-refractivity contribution in [3.05, 3.63) is 63.3 Å². The Balaban J connectivity index is 2.03. The van der Waals surface area contributed by atoms with Crippen LogP contribution in [0.1, 0.15) is 34.3 Å². The molecule has 0 unspecified atom stereocenters. The minimum Gasteiger partial charge on any atom is -0.477 e. The van der Waals surface area contributed by atoms with E-state index in [1.165, 1.54) is 41.7 Å². The minimum absolute atomic E-state index is 0.219. The third-order valence-electron chi connectivity index (χ3n) is 4.79. The zero-order chi connectivity index (χ0) is 18.0. The number of carbonyl (C=O) groups is 1. The molecule has 1 aromatic heterocycles. The number of rotatable bonds is 5. The monoisotopic (exact) mass is 344 g/mol. The van der Waals surface area contributed by atoms with Crippen LogP contribution in [0, 0.1) is 12.7 Å². The van der Waals surface area contributed by atoms with E-state index in [2.05, 4.69) is 4.90 Å². The second kappa shape index (κ2) is 7.19. The van der Waals surface area contributed by atoms with E-state index in [-0.39, 0.29) is 5.56 Å². The lowest BCUT2D eigenvalue weighted by Gasteiger charge is -2.18. The number of pyridine rings is 1. The summed E-state index contributed by atoms with van der Waals surface area (Å²) in [6.07, 6.45) is 4.74. The van der Waals surface area contributed by atoms with Crippen molar-refractivity contribution >= 4 is 5.97 Å². The Bertz CT molecular complexity index is 837. The van der Waals surface area contributed by atoms with E-state index in [1.807, 2.05) is 0 Å². The number of carboxylic acids is 1. The Labute approximate surface area is 145 Å². The Morgan fingerprint density at radius 1 is 1.20 bits per heavy atom. The molecule has 1 N–H and O–H groups in total. The Kier molecular flexibility index (Phi) is 4.99. The molecule has 1 aliphatic rings. The molecule has 2 aromatic rings. The van der Waals surface area contributed by atoms with Crippen LogP contribution in [0.15, 0.2) is 35.3 Å². The molecule has 3 rings (SSSR count). The summed E-state index contributed by atoms with van der Waals surface area (Å²) >= 11 is 0. The number of aromatic carboxylic acids is 1. The van der Waals surface area contributed by atoms with Gasteiger partial charge in [0.1, 0.15) is 11.4 Å². The van der Waals surface area contributed by atoms with Gasteiger partial charge in [-0.3, -0.25) is 9.36 Å². The number of halogens is 1. The van der Waals surface area contributed by atoms with Gasteiger partial charge < -0.3 is 10.0 Å². The van der Waals surface area contributed by atoms with E-state index in [1.54, 1.807) is 13.1 Å². The summed E-state index contributed by atoms with van der Waals surface area (Å²) < 4.78 is 14.5. The average Bonchev–Trinajstić information content (AvgIpc) is 3.08. The van der Waals surface area contributed by atoms with E-state index >= 15 is 0 Å². The van der Waals surface area contributed by atoms with Crippen LogP contribution in [0.2, 0.25) is 0 Å². The van der Waals surface area contributed by atoms with E-state index in [4.69, 9.17) is 0 Å². The normalized spacial score (nSPS) is 14.8. The highest BCUT2D eigenvalue weighted by molar-refractivity contribution is 5.89. The molecule has 1 aromatic carbocycles. The van der Waals surface area contributed by atoms with E-state index < -0.39 is 17.3 Å². The van der Waals surface area contributed by atoms with Crippen LogP contribution in [0.5, 0.6) is 0 Å². The lowest BCUT2D eigenvalue weighted by molar-refractivity contribution is 0.0693. The molecule has 6 heteroatoms. The largest absolute Gasteiger partial charge is 0.477 e. The maximum Gasteiger partial charge on any atom is 0.341 e. The Morgan fingerprint density at radius 3 is 2.44 bits per heavy atom. The predicted molar refractivity (Wildman–Crippen MR) is 93.1 cm³/mol. The fraction of sp³-hybridized carbons (Fsp3) is 0.368. The smallest absolute Gasteiger partial charge is 0.341 e. The highest BCUT2D eigenvalue weighted by atomic mass is 19.1. The first-order valence-corrected chi connectivity index (χ1v) is 8.44. The van der Waals surface area contributed by atoms with Crippen molar-refractivity contribution < 1.29 is 14.3 Å². The first-order chi connectivity index (χ1) is 12.0. The van der Waals surface area contributed by atoms with Gasteiger partial charge in [0, 0.05) is 18.4 Å². The molecule has 132 valence electrons. The molecule has 0 radical (unpaired) electrons. The third kappa shape index (κ3) is 3.64. The zero-order valence-corrected chi connectivity index (χ0v) is 14.2. The minimum atomic E-state index is -1.23. The van der Waals surface area contributed by atoms with E-state index in [0.717, 1.165) is 25.2 Å². The van der Waals surface area contributed by atoms with Gasteiger partial charge in [-0.15, -0.1) is 0 Å². The van der Waals surface area contributed by atoms with Crippen molar-refractivity contribution in [2.45, 2.75) is 26.2 Å². The summed E-state index contributed by atoms with van der Waals surface area (Å²) in [4.78, 5) is 26.6. The van der Waals surface area contributed by atoms with Crippen molar-refractivity contribution in [2.24, 2.45) is 0 Å². The van der Waals surface area contributed by atoms with Gasteiger partial charge in [-0.05, 0) is 74.7 Å². The van der Waals surface area contributed by atoms with Crippen LogP contribution in [-0.2, 0) is 6.42 Å². The van der Waals surface area contributed by atoms with Crippen molar-refractivity contribution in [1.82, 2.24) is 9.47 Å². The zero-order valence-electron chi connectivity index (χ0n) is 14.2. The van der Waals surface area contributed by atoms with Crippen LogP contribution in [0.4, 0.5) is 4.39 Å². The molecule has 0 saturated carbocycles. The van der Waals surface area contributed by atoms with Crippen molar-refractivity contribution in [1.29, 1.82) is 0 Å². The number of carboxylic acid groups (broad SMARTS) is 1. The molecule has 1 fully saturated rings. The van der Waals surface area contributed by atoms with Crippen LogP contribution < -0.4 is 5.56 Å². The maximum atomic E-state index is 13.2. The number of likely N-dealkylation sites (tertiary alicyclic amines) is 1. The molecular weight excluding hydrogens is 323 g/mol. The SMILES string of the molecule is Cc1c(CCN2CCCC2)cn(-c2ccc(F)cc2)c(=O)c1C(=O)O. The first-order valence-electron chi connectivity index (χ1n) is 8.44. The molecule has 5 nitrogen and oxygen atoms in total. The van der Waals surface area contributed by atoms with E-state index in [9.17, 15) is 19.1 Å². The molecule has 0 spiro atoms. The standard InChI is InChI=1S/C19H21FN2O3/c1-13-14(8-11-21-9-2-3-10-21)12-22(18(23)17(13)19(24)25)16-6-4-15(20)5-7-16/h4-7,12H,2-3,8-11H2,1H3,(H,24,25). The number of benzene rings is 1. The van der Waals surface area contributed by atoms with Crippen LogP contribution in [0.3, 0.4) is 0 Å². The summed E-state index contributed by atoms with van der Waals surface area (Å²) in [7, 11) is 0. The second-order valence-electron chi connectivity index (χ2n) is 6.41. The van der Waals surface area contributed by atoms with Crippen LogP contribution >= 0.6 is 0 Å². The van der Waals surface area contributed by atoms with Crippen LogP contribution in [-0.4, -0.2) is 40.2 Å². The maximum absolute atomic E-state index is 13.2. The van der Waals surface area contributed by atoms with Crippen molar-refractivity contribution in [3.63, 3.8) is 0 Å². The summed E-state index contributed by atoms with van der Waals surface area (Å²) in [6, 6.07) is 5.46. The Hall–Kier alpha value is -2.47. The number of hydrogen-bond acceptors (Lipinski definition) is 3. The quantitative estimate of drug-likeness (QED) is 0.906. The summed E-state index contributed by atoms with van der Waals surface area (Å²) in [5, 5.41) is 9.48. The lowest BCUT2D eigenvalue weighted by atomic mass is 10.0. The highest BCUT2D eigenvalue weighted by Crippen LogP contribution is 2.17. The molecule has 1 aliphatic heterocycles. The molecule has 0 aliphatic carbocycles. The van der Waals surface area contributed by atoms with Gasteiger partial charge >= 0.3 is 5.97 Å². The fourth-order valence-corrected chi connectivity index (χ4v) is 3.33. The average molecular weight is 344 g/mol. The molecule has 0 atom stereocenters. The van der Waals surface area contributed by atoms with Gasteiger partial charge in [0.05, 0.1) is 0 Å². The van der Waals surface area contributed by atoms with Gasteiger partial charge in [-0.1, -0.05) is 0 Å². The lowest BCUT2D eigenvalue weighted by Crippen LogP contribution is -2.29. The first kappa shape index (κ1) is 17.4. The van der Waals surface area contributed by atoms with Gasteiger partial charge in [-0.2, -0.15) is 0 Å². The number of aromatic nitrogens is 1. The van der Waals surface area contributed by atoms with Crippen molar-refractivity contribution in [2.75, 3.05) is 19.6 Å². The molecule has 2 heterocycles. The van der Waals surface area contributed by atoms with Gasteiger partial charge in [-0.25, -0.2) is 9.18 Å². The van der Waals surface area contributed by atoms with Gasteiger partial charge in [0.2, 0.25) is 0 Å². The topological polar surface area (TPSA) is 62.5 Å². The van der Waals surface area contributed by atoms with E-state index in [0.29, 0.717) is 17.7 Å². The second-order valence-corrected chi connectivity index (χ2v) is 6.41. The van der Waals surface area contributed by atoms with Gasteiger partial charge in [0.25, 0.3) is 5.56 Å².